The summed E-state index contributed by atoms with van der Waals surface area (Å²) < 4.78 is 36.6. The van der Waals surface area contributed by atoms with Crippen molar-refractivity contribution >= 4 is 0 Å². The first-order valence-electron chi connectivity index (χ1n) is 5.31. The summed E-state index contributed by atoms with van der Waals surface area (Å²) in [5.74, 6) is 0. The van der Waals surface area contributed by atoms with Crippen LogP contribution in [0.15, 0.2) is 24.3 Å². The molecule has 1 nitrogen and oxygen atoms in total. The molecule has 0 heterocycles. The second-order valence-corrected chi connectivity index (χ2v) is 3.36. The lowest BCUT2D eigenvalue weighted by molar-refractivity contribution is -0.137. The fraction of sp³-hybridized carbons (Fsp3) is 0.500. The van der Waals surface area contributed by atoms with Crippen LogP contribution in [0.5, 0.6) is 0 Å². The number of alkyl halides is 3. The Labute approximate surface area is 94.5 Å². The summed E-state index contributed by atoms with van der Waals surface area (Å²) in [6.45, 7) is 4.60. The molecule has 4 heteroatoms. The van der Waals surface area contributed by atoms with Gasteiger partial charge < -0.3 is 5.73 Å². The molecule has 0 saturated carbocycles. The average molecular weight is 233 g/mol. The Morgan fingerprint density at radius 3 is 2.19 bits per heavy atom. The van der Waals surface area contributed by atoms with Gasteiger partial charge in [-0.05, 0) is 24.6 Å². The highest BCUT2D eigenvalue weighted by atomic mass is 19.4. The van der Waals surface area contributed by atoms with Crippen LogP contribution in [0.4, 0.5) is 13.2 Å². The Balaban J connectivity index is 0.000000673. The molecule has 0 aliphatic heterocycles. The molecule has 0 aliphatic rings. The monoisotopic (exact) mass is 233 g/mol. The Morgan fingerprint density at radius 1 is 1.19 bits per heavy atom. The predicted octanol–water partition coefficient (Wildman–Crippen LogP) is 3.62. The third-order valence-electron chi connectivity index (χ3n) is 1.79. The number of hydrogen-bond acceptors (Lipinski definition) is 1. The summed E-state index contributed by atoms with van der Waals surface area (Å²) in [6, 6.07) is 5.48. The molecule has 0 radical (unpaired) electrons. The van der Waals surface area contributed by atoms with Crippen molar-refractivity contribution in [1.82, 2.24) is 0 Å². The zero-order valence-electron chi connectivity index (χ0n) is 9.64. The van der Waals surface area contributed by atoms with Gasteiger partial charge in [0.2, 0.25) is 0 Å². The highest BCUT2D eigenvalue weighted by Gasteiger charge is 2.30. The van der Waals surface area contributed by atoms with Gasteiger partial charge >= 0.3 is 6.18 Å². The van der Waals surface area contributed by atoms with Gasteiger partial charge in [-0.15, -0.1) is 0 Å². The first kappa shape index (κ1) is 15.0. The molecule has 0 bridgehead atoms. The molecule has 92 valence electrons. The highest BCUT2D eigenvalue weighted by molar-refractivity contribution is 5.25. The lowest BCUT2D eigenvalue weighted by Gasteiger charge is -2.07. The first-order valence-corrected chi connectivity index (χ1v) is 5.31. The molecule has 0 amide bonds. The molecule has 0 spiro atoms. The van der Waals surface area contributed by atoms with E-state index in [0.717, 1.165) is 24.6 Å². The van der Waals surface area contributed by atoms with Gasteiger partial charge in [0.05, 0.1) is 5.56 Å². The predicted molar refractivity (Wildman–Crippen MR) is 60.2 cm³/mol. The van der Waals surface area contributed by atoms with E-state index in [1.165, 1.54) is 12.1 Å². The summed E-state index contributed by atoms with van der Waals surface area (Å²) >= 11 is 0. The van der Waals surface area contributed by atoms with Crippen molar-refractivity contribution in [3.05, 3.63) is 35.4 Å². The Hall–Kier alpha value is -1.03. The SMILES string of the molecule is CCCc1cccc(C(F)(F)F)c1.CCN. The maximum Gasteiger partial charge on any atom is 0.416 e. The van der Waals surface area contributed by atoms with Crippen LogP contribution in [0.1, 0.15) is 31.4 Å². The number of nitrogens with two attached hydrogens (primary N) is 1. The van der Waals surface area contributed by atoms with E-state index in [-0.39, 0.29) is 0 Å². The van der Waals surface area contributed by atoms with Crippen LogP contribution in [-0.4, -0.2) is 6.54 Å². The van der Waals surface area contributed by atoms with Crippen molar-refractivity contribution in [2.24, 2.45) is 5.73 Å². The van der Waals surface area contributed by atoms with Crippen LogP contribution in [0.25, 0.3) is 0 Å². The van der Waals surface area contributed by atoms with E-state index in [1.807, 2.05) is 13.8 Å². The number of rotatable bonds is 2. The number of benzene rings is 1. The largest absolute Gasteiger partial charge is 0.416 e. The standard InChI is InChI=1S/C10H11F3.C2H7N/c1-2-4-8-5-3-6-9(7-8)10(11,12)13;1-2-3/h3,5-7H,2,4H2,1H3;2-3H2,1H3. The summed E-state index contributed by atoms with van der Waals surface area (Å²) in [6.07, 6.45) is -2.66. The van der Waals surface area contributed by atoms with Crippen molar-refractivity contribution in [1.29, 1.82) is 0 Å². The van der Waals surface area contributed by atoms with Crippen LogP contribution in [0.2, 0.25) is 0 Å². The maximum absolute atomic E-state index is 12.2. The van der Waals surface area contributed by atoms with Gasteiger partial charge in [0.1, 0.15) is 0 Å². The molecule has 1 aromatic rings. The first-order chi connectivity index (χ1) is 7.45. The average Bonchev–Trinajstić information content (AvgIpc) is 2.18. The van der Waals surface area contributed by atoms with Gasteiger partial charge in [0.25, 0.3) is 0 Å². The summed E-state index contributed by atoms with van der Waals surface area (Å²) in [4.78, 5) is 0. The molecule has 2 N–H and O–H groups in total. The van der Waals surface area contributed by atoms with Crippen molar-refractivity contribution < 1.29 is 13.2 Å². The molecular formula is C12H18F3N. The lowest BCUT2D eigenvalue weighted by atomic mass is 10.1. The zero-order valence-corrected chi connectivity index (χ0v) is 9.64. The minimum Gasteiger partial charge on any atom is -0.331 e. The molecule has 0 saturated heterocycles. The van der Waals surface area contributed by atoms with Gasteiger partial charge in [0.15, 0.2) is 0 Å². The van der Waals surface area contributed by atoms with E-state index in [1.54, 1.807) is 6.07 Å². The van der Waals surface area contributed by atoms with E-state index in [4.69, 9.17) is 5.73 Å². The summed E-state index contributed by atoms with van der Waals surface area (Å²) in [5, 5.41) is 0. The molecule has 1 aromatic carbocycles. The molecule has 16 heavy (non-hydrogen) atoms. The van der Waals surface area contributed by atoms with E-state index in [0.29, 0.717) is 6.42 Å². The van der Waals surface area contributed by atoms with Crippen molar-refractivity contribution in [2.45, 2.75) is 32.9 Å². The van der Waals surface area contributed by atoms with Gasteiger partial charge in [-0.1, -0.05) is 38.5 Å². The van der Waals surface area contributed by atoms with Crippen molar-refractivity contribution in [3.63, 3.8) is 0 Å². The number of aryl methyl sites for hydroxylation is 1. The smallest absolute Gasteiger partial charge is 0.331 e. The van der Waals surface area contributed by atoms with E-state index in [2.05, 4.69) is 0 Å². The molecule has 0 aliphatic carbocycles. The maximum atomic E-state index is 12.2. The normalized spacial score (nSPS) is 10.6. The summed E-state index contributed by atoms with van der Waals surface area (Å²) in [5.41, 5.74) is 5.04. The fourth-order valence-corrected chi connectivity index (χ4v) is 1.19. The van der Waals surface area contributed by atoms with Gasteiger partial charge in [-0.3, -0.25) is 0 Å². The van der Waals surface area contributed by atoms with Crippen LogP contribution < -0.4 is 5.73 Å². The van der Waals surface area contributed by atoms with Crippen LogP contribution in [0.3, 0.4) is 0 Å². The third kappa shape index (κ3) is 5.75. The van der Waals surface area contributed by atoms with Gasteiger partial charge in [-0.25, -0.2) is 0 Å². The van der Waals surface area contributed by atoms with Gasteiger partial charge in [0, 0.05) is 0 Å². The minimum absolute atomic E-state index is 0.557. The van der Waals surface area contributed by atoms with Gasteiger partial charge in [-0.2, -0.15) is 13.2 Å². The molecule has 0 aromatic heterocycles. The summed E-state index contributed by atoms with van der Waals surface area (Å²) in [7, 11) is 0. The fourth-order valence-electron chi connectivity index (χ4n) is 1.19. The van der Waals surface area contributed by atoms with Crippen LogP contribution >= 0.6 is 0 Å². The number of halogens is 3. The molecule has 0 fully saturated rings. The second-order valence-electron chi connectivity index (χ2n) is 3.36. The number of hydrogen-bond donors (Lipinski definition) is 1. The minimum atomic E-state index is -4.22. The van der Waals surface area contributed by atoms with E-state index < -0.39 is 11.7 Å². The third-order valence-corrected chi connectivity index (χ3v) is 1.79. The van der Waals surface area contributed by atoms with Crippen LogP contribution in [-0.2, 0) is 12.6 Å². The molecule has 1 rings (SSSR count). The Bertz CT molecular complexity index is 295. The Morgan fingerprint density at radius 2 is 1.75 bits per heavy atom. The van der Waals surface area contributed by atoms with Crippen molar-refractivity contribution in [2.75, 3.05) is 6.54 Å². The zero-order chi connectivity index (χ0) is 12.6. The quantitative estimate of drug-likeness (QED) is 0.829. The van der Waals surface area contributed by atoms with Crippen molar-refractivity contribution in [3.8, 4) is 0 Å². The molecular weight excluding hydrogens is 215 g/mol. The molecule has 0 atom stereocenters. The Kier molecular flexibility index (Phi) is 6.81. The second kappa shape index (κ2) is 7.28. The molecule has 0 unspecified atom stereocenters. The van der Waals surface area contributed by atoms with E-state index in [9.17, 15) is 13.2 Å². The lowest BCUT2D eigenvalue weighted by Crippen LogP contribution is -2.05. The van der Waals surface area contributed by atoms with E-state index >= 15 is 0 Å². The van der Waals surface area contributed by atoms with Crippen LogP contribution in [0, 0.1) is 0 Å². The highest BCUT2D eigenvalue weighted by Crippen LogP contribution is 2.29. The topological polar surface area (TPSA) is 26.0 Å².